The van der Waals surface area contributed by atoms with Gasteiger partial charge in [-0.1, -0.05) is 41.1 Å². The predicted octanol–water partition coefficient (Wildman–Crippen LogP) is 4.80. The lowest BCUT2D eigenvalue weighted by Crippen LogP contribution is -1.91. The standard InChI is InChI=1S/C16H12BrFN2O/c1-9-5-7-10(8-6-9)13-15(21-20-16(13)19)14-11(17)3-2-4-12(14)18/h2-8H,1H3,(H2,19,20). The predicted molar refractivity (Wildman–Crippen MR) is 84.2 cm³/mol. The number of hydrogen-bond donors (Lipinski definition) is 1. The molecule has 0 spiro atoms. The van der Waals surface area contributed by atoms with Crippen molar-refractivity contribution in [2.45, 2.75) is 6.92 Å². The topological polar surface area (TPSA) is 52.0 Å². The lowest BCUT2D eigenvalue weighted by atomic mass is 10.0. The van der Waals surface area contributed by atoms with E-state index >= 15 is 0 Å². The molecule has 0 amide bonds. The van der Waals surface area contributed by atoms with Crippen LogP contribution in [0.4, 0.5) is 10.2 Å². The van der Waals surface area contributed by atoms with Gasteiger partial charge in [0, 0.05) is 4.47 Å². The number of hydrogen-bond acceptors (Lipinski definition) is 3. The van der Waals surface area contributed by atoms with Crippen molar-refractivity contribution >= 4 is 21.7 Å². The Balaban J connectivity index is 2.24. The van der Waals surface area contributed by atoms with Crippen molar-refractivity contribution < 1.29 is 8.91 Å². The van der Waals surface area contributed by atoms with Crippen molar-refractivity contribution in [2.75, 3.05) is 5.73 Å². The normalized spacial score (nSPS) is 10.8. The number of aromatic nitrogens is 1. The van der Waals surface area contributed by atoms with E-state index in [2.05, 4.69) is 21.1 Å². The zero-order valence-corrected chi connectivity index (χ0v) is 12.8. The SMILES string of the molecule is Cc1ccc(-c2c(N)noc2-c2c(F)cccc2Br)cc1. The minimum Gasteiger partial charge on any atom is -0.380 e. The molecule has 5 heteroatoms. The van der Waals surface area contributed by atoms with Gasteiger partial charge in [-0.15, -0.1) is 0 Å². The molecule has 3 nitrogen and oxygen atoms in total. The van der Waals surface area contributed by atoms with Crippen molar-refractivity contribution in [3.8, 4) is 22.5 Å². The molecule has 3 rings (SSSR count). The molecule has 0 fully saturated rings. The average Bonchev–Trinajstić information content (AvgIpc) is 2.82. The molecule has 0 aliphatic heterocycles. The second-order valence-electron chi connectivity index (χ2n) is 4.73. The molecule has 0 bridgehead atoms. The van der Waals surface area contributed by atoms with Crippen LogP contribution < -0.4 is 5.73 Å². The number of anilines is 1. The van der Waals surface area contributed by atoms with Crippen LogP contribution in [-0.4, -0.2) is 5.16 Å². The van der Waals surface area contributed by atoms with Gasteiger partial charge in [-0.25, -0.2) is 4.39 Å². The van der Waals surface area contributed by atoms with Crippen LogP contribution in [0.1, 0.15) is 5.56 Å². The summed E-state index contributed by atoms with van der Waals surface area (Å²) in [4.78, 5) is 0. The molecule has 21 heavy (non-hydrogen) atoms. The molecule has 3 aromatic rings. The summed E-state index contributed by atoms with van der Waals surface area (Å²) in [6.07, 6.45) is 0. The number of halogens is 2. The van der Waals surface area contributed by atoms with Crippen molar-refractivity contribution in [1.29, 1.82) is 0 Å². The highest BCUT2D eigenvalue weighted by Gasteiger charge is 2.22. The second kappa shape index (κ2) is 5.33. The van der Waals surface area contributed by atoms with Crippen LogP contribution in [0.15, 0.2) is 51.5 Å². The molecule has 0 atom stereocenters. The molecule has 0 unspecified atom stereocenters. The summed E-state index contributed by atoms with van der Waals surface area (Å²) < 4.78 is 20.0. The van der Waals surface area contributed by atoms with Crippen LogP contribution in [0.2, 0.25) is 0 Å². The summed E-state index contributed by atoms with van der Waals surface area (Å²) in [6.45, 7) is 2.00. The molecule has 106 valence electrons. The maximum absolute atomic E-state index is 14.1. The van der Waals surface area contributed by atoms with E-state index < -0.39 is 5.82 Å². The van der Waals surface area contributed by atoms with Crippen LogP contribution in [0, 0.1) is 12.7 Å². The minimum atomic E-state index is -0.395. The van der Waals surface area contributed by atoms with Crippen LogP contribution >= 0.6 is 15.9 Å². The molecule has 2 aromatic carbocycles. The first kappa shape index (κ1) is 13.8. The third-order valence-corrected chi connectivity index (χ3v) is 3.91. The quantitative estimate of drug-likeness (QED) is 0.724. The fraction of sp³-hybridized carbons (Fsp3) is 0.0625. The Labute approximate surface area is 129 Å². The molecule has 0 aliphatic carbocycles. The maximum Gasteiger partial charge on any atom is 0.181 e. The summed E-state index contributed by atoms with van der Waals surface area (Å²) in [5.41, 5.74) is 8.79. The van der Waals surface area contributed by atoms with Gasteiger partial charge in [0.2, 0.25) is 0 Å². The van der Waals surface area contributed by atoms with E-state index in [1.165, 1.54) is 6.07 Å². The molecular weight excluding hydrogens is 335 g/mol. The van der Waals surface area contributed by atoms with Crippen molar-refractivity contribution in [1.82, 2.24) is 5.16 Å². The van der Waals surface area contributed by atoms with E-state index in [1.807, 2.05) is 31.2 Å². The van der Waals surface area contributed by atoms with Gasteiger partial charge in [0.25, 0.3) is 0 Å². The van der Waals surface area contributed by atoms with E-state index in [0.29, 0.717) is 21.4 Å². The molecule has 0 radical (unpaired) electrons. The van der Waals surface area contributed by atoms with Gasteiger partial charge in [-0.2, -0.15) is 0 Å². The number of nitrogens with two attached hydrogens (primary N) is 1. The fourth-order valence-electron chi connectivity index (χ4n) is 2.19. The van der Waals surface area contributed by atoms with E-state index in [9.17, 15) is 4.39 Å². The summed E-state index contributed by atoms with van der Waals surface area (Å²) >= 11 is 3.34. The smallest absolute Gasteiger partial charge is 0.181 e. The van der Waals surface area contributed by atoms with E-state index in [4.69, 9.17) is 10.3 Å². The third-order valence-electron chi connectivity index (χ3n) is 3.25. The average molecular weight is 347 g/mol. The van der Waals surface area contributed by atoms with Gasteiger partial charge in [0.15, 0.2) is 11.6 Å². The zero-order chi connectivity index (χ0) is 15.0. The van der Waals surface area contributed by atoms with Gasteiger partial charge in [0.1, 0.15) is 5.82 Å². The Hall–Kier alpha value is -2.14. The lowest BCUT2D eigenvalue weighted by molar-refractivity contribution is 0.433. The van der Waals surface area contributed by atoms with E-state index in [1.54, 1.807) is 12.1 Å². The van der Waals surface area contributed by atoms with Crippen molar-refractivity contribution in [2.24, 2.45) is 0 Å². The Morgan fingerprint density at radius 3 is 2.48 bits per heavy atom. The van der Waals surface area contributed by atoms with Gasteiger partial charge in [0.05, 0.1) is 11.1 Å². The molecule has 0 aliphatic rings. The number of aryl methyl sites for hydroxylation is 1. The van der Waals surface area contributed by atoms with Crippen molar-refractivity contribution in [3.05, 3.63) is 58.3 Å². The van der Waals surface area contributed by atoms with E-state index in [0.717, 1.165) is 11.1 Å². The highest BCUT2D eigenvalue weighted by molar-refractivity contribution is 9.10. The zero-order valence-electron chi connectivity index (χ0n) is 11.2. The van der Waals surface area contributed by atoms with E-state index in [-0.39, 0.29) is 5.82 Å². The molecule has 0 saturated carbocycles. The highest BCUT2D eigenvalue weighted by Crippen LogP contribution is 2.40. The maximum atomic E-state index is 14.1. The van der Waals surface area contributed by atoms with Gasteiger partial charge >= 0.3 is 0 Å². The molecule has 1 heterocycles. The van der Waals surface area contributed by atoms with Crippen LogP contribution in [-0.2, 0) is 0 Å². The minimum absolute atomic E-state index is 0.240. The van der Waals surface area contributed by atoms with Gasteiger partial charge in [-0.05, 0) is 40.5 Å². The molecule has 0 saturated heterocycles. The van der Waals surface area contributed by atoms with Crippen LogP contribution in [0.3, 0.4) is 0 Å². The Morgan fingerprint density at radius 2 is 1.81 bits per heavy atom. The lowest BCUT2D eigenvalue weighted by Gasteiger charge is -2.06. The fourth-order valence-corrected chi connectivity index (χ4v) is 2.71. The van der Waals surface area contributed by atoms with Gasteiger partial charge in [-0.3, -0.25) is 0 Å². The number of rotatable bonds is 2. The summed E-state index contributed by atoms with van der Waals surface area (Å²) in [7, 11) is 0. The first-order chi connectivity index (χ1) is 10.1. The summed E-state index contributed by atoms with van der Waals surface area (Å²) in [5, 5.41) is 3.79. The Bertz CT molecular complexity index is 776. The Morgan fingerprint density at radius 1 is 1.10 bits per heavy atom. The summed E-state index contributed by atoms with van der Waals surface area (Å²) in [5.74, 6) is 0.166. The first-order valence-electron chi connectivity index (χ1n) is 6.34. The molecule has 1 aromatic heterocycles. The van der Waals surface area contributed by atoms with Gasteiger partial charge < -0.3 is 10.3 Å². The number of benzene rings is 2. The van der Waals surface area contributed by atoms with Crippen LogP contribution in [0.5, 0.6) is 0 Å². The number of nitrogen functional groups attached to an aromatic ring is 1. The highest BCUT2D eigenvalue weighted by atomic mass is 79.9. The number of nitrogens with zero attached hydrogens (tertiary/aromatic N) is 1. The van der Waals surface area contributed by atoms with Crippen LogP contribution in [0.25, 0.3) is 22.5 Å². The van der Waals surface area contributed by atoms with Crippen molar-refractivity contribution in [3.63, 3.8) is 0 Å². The second-order valence-corrected chi connectivity index (χ2v) is 5.59. The Kier molecular flexibility index (Phi) is 3.51. The monoisotopic (exact) mass is 346 g/mol. The summed E-state index contributed by atoms with van der Waals surface area (Å²) in [6, 6.07) is 12.5. The third kappa shape index (κ3) is 2.45. The largest absolute Gasteiger partial charge is 0.380 e. The first-order valence-corrected chi connectivity index (χ1v) is 7.14. The molecular formula is C16H12BrFN2O. The molecule has 2 N–H and O–H groups in total.